The number of anilines is 1. The van der Waals surface area contributed by atoms with Gasteiger partial charge in [-0.1, -0.05) is 18.2 Å². The number of benzene rings is 1. The largest absolute Gasteiger partial charge is 0.378 e. The SMILES string of the molecule is C[C@]12CN(S(C)(=O)=O)C[C@H]1C(=O)Cc1ccccc1N2. The van der Waals surface area contributed by atoms with E-state index in [0.717, 1.165) is 11.3 Å². The van der Waals surface area contributed by atoms with E-state index in [1.165, 1.54) is 10.6 Å². The van der Waals surface area contributed by atoms with Crippen molar-refractivity contribution in [1.29, 1.82) is 0 Å². The van der Waals surface area contributed by atoms with Crippen LogP contribution in [0.3, 0.4) is 0 Å². The summed E-state index contributed by atoms with van der Waals surface area (Å²) in [5, 5.41) is 3.40. The van der Waals surface area contributed by atoms with Gasteiger partial charge in [-0.05, 0) is 18.6 Å². The molecule has 3 rings (SSSR count). The Hall–Kier alpha value is -1.40. The molecule has 0 aliphatic carbocycles. The minimum absolute atomic E-state index is 0.108. The first-order valence-electron chi connectivity index (χ1n) is 6.63. The third-order valence-corrected chi connectivity index (χ3v) is 5.54. The summed E-state index contributed by atoms with van der Waals surface area (Å²) >= 11 is 0. The van der Waals surface area contributed by atoms with Gasteiger partial charge in [0, 0.05) is 25.2 Å². The molecular weight excluding hydrogens is 276 g/mol. The molecule has 2 heterocycles. The highest BCUT2D eigenvalue weighted by Gasteiger charge is 2.50. The highest BCUT2D eigenvalue weighted by atomic mass is 32.2. The molecule has 1 aromatic carbocycles. The Morgan fingerprint density at radius 3 is 2.75 bits per heavy atom. The molecule has 20 heavy (non-hydrogen) atoms. The van der Waals surface area contributed by atoms with E-state index in [-0.39, 0.29) is 18.2 Å². The number of sulfonamides is 1. The molecule has 0 bridgehead atoms. The Labute approximate surface area is 119 Å². The maximum atomic E-state index is 12.5. The van der Waals surface area contributed by atoms with Crippen molar-refractivity contribution in [2.45, 2.75) is 18.9 Å². The normalized spacial score (nSPS) is 30.3. The van der Waals surface area contributed by atoms with Crippen LogP contribution in [-0.4, -0.2) is 43.4 Å². The van der Waals surface area contributed by atoms with E-state index in [2.05, 4.69) is 5.32 Å². The van der Waals surface area contributed by atoms with Crippen molar-refractivity contribution >= 4 is 21.5 Å². The van der Waals surface area contributed by atoms with Crippen molar-refractivity contribution in [3.05, 3.63) is 29.8 Å². The third-order valence-electron chi connectivity index (χ3n) is 4.32. The molecular formula is C14H18N2O3S. The van der Waals surface area contributed by atoms with Crippen LogP contribution < -0.4 is 5.32 Å². The molecule has 1 N–H and O–H groups in total. The minimum atomic E-state index is -3.27. The van der Waals surface area contributed by atoms with E-state index in [9.17, 15) is 13.2 Å². The number of Topliss-reactive ketones (excluding diaryl/α,β-unsaturated/α-hetero) is 1. The average Bonchev–Trinajstić information content (AvgIpc) is 2.65. The van der Waals surface area contributed by atoms with Crippen molar-refractivity contribution in [1.82, 2.24) is 4.31 Å². The lowest BCUT2D eigenvalue weighted by molar-refractivity contribution is -0.122. The van der Waals surface area contributed by atoms with Gasteiger partial charge in [0.15, 0.2) is 0 Å². The van der Waals surface area contributed by atoms with Crippen molar-refractivity contribution in [3.8, 4) is 0 Å². The number of hydrogen-bond donors (Lipinski definition) is 1. The number of nitrogens with zero attached hydrogens (tertiary/aromatic N) is 1. The van der Waals surface area contributed by atoms with Crippen LogP contribution >= 0.6 is 0 Å². The van der Waals surface area contributed by atoms with Crippen molar-refractivity contribution < 1.29 is 13.2 Å². The van der Waals surface area contributed by atoms with Crippen LogP contribution in [0.25, 0.3) is 0 Å². The van der Waals surface area contributed by atoms with Gasteiger partial charge in [-0.15, -0.1) is 0 Å². The topological polar surface area (TPSA) is 66.5 Å². The van der Waals surface area contributed by atoms with Gasteiger partial charge in [-0.3, -0.25) is 4.79 Å². The van der Waals surface area contributed by atoms with E-state index < -0.39 is 15.6 Å². The number of rotatable bonds is 1. The lowest BCUT2D eigenvalue weighted by Gasteiger charge is -2.30. The number of ketones is 1. The zero-order valence-electron chi connectivity index (χ0n) is 11.6. The Bertz CT molecular complexity index is 671. The minimum Gasteiger partial charge on any atom is -0.378 e. The van der Waals surface area contributed by atoms with Crippen LogP contribution in [0.2, 0.25) is 0 Å². The fourth-order valence-electron chi connectivity index (χ4n) is 3.20. The first kappa shape index (κ1) is 13.6. The fraction of sp³-hybridized carbons (Fsp3) is 0.500. The van der Waals surface area contributed by atoms with Crippen LogP contribution in [0, 0.1) is 5.92 Å². The summed E-state index contributed by atoms with van der Waals surface area (Å²) in [6, 6.07) is 7.72. The molecule has 5 nitrogen and oxygen atoms in total. The van der Waals surface area contributed by atoms with Crippen LogP contribution in [0.4, 0.5) is 5.69 Å². The maximum absolute atomic E-state index is 12.5. The Kier molecular flexibility index (Phi) is 2.92. The van der Waals surface area contributed by atoms with Crippen LogP contribution in [0.15, 0.2) is 24.3 Å². The molecule has 2 aliphatic rings. The molecule has 0 radical (unpaired) electrons. The van der Waals surface area contributed by atoms with E-state index in [4.69, 9.17) is 0 Å². The summed E-state index contributed by atoms with van der Waals surface area (Å²) in [7, 11) is -3.27. The first-order valence-corrected chi connectivity index (χ1v) is 8.48. The second kappa shape index (κ2) is 4.30. The number of nitrogens with one attached hydrogen (secondary N) is 1. The van der Waals surface area contributed by atoms with Gasteiger partial charge in [0.25, 0.3) is 0 Å². The standard InChI is InChI=1S/C14H18N2O3S/c1-14-9-16(20(2,18)19)8-11(14)13(17)7-10-5-3-4-6-12(10)15-14/h3-6,11,15H,7-9H2,1-2H3/t11-,14-/m0/s1. The molecule has 2 atom stereocenters. The first-order chi connectivity index (χ1) is 9.29. The summed E-state index contributed by atoms with van der Waals surface area (Å²) in [6.45, 7) is 2.54. The zero-order valence-corrected chi connectivity index (χ0v) is 12.4. The van der Waals surface area contributed by atoms with Crippen LogP contribution in [0.5, 0.6) is 0 Å². The molecule has 6 heteroatoms. The van der Waals surface area contributed by atoms with Gasteiger partial charge < -0.3 is 5.32 Å². The van der Waals surface area contributed by atoms with Crippen LogP contribution in [0.1, 0.15) is 12.5 Å². The number of para-hydroxylation sites is 1. The highest BCUT2D eigenvalue weighted by molar-refractivity contribution is 7.88. The fourth-order valence-corrected chi connectivity index (χ4v) is 4.12. The number of carbonyl (C=O) groups excluding carboxylic acids is 1. The van der Waals surface area contributed by atoms with Gasteiger partial charge in [0.05, 0.1) is 17.7 Å². The summed E-state index contributed by atoms with van der Waals surface area (Å²) in [5.74, 6) is -0.194. The predicted octanol–water partition coefficient (Wildman–Crippen LogP) is 0.874. The second-order valence-electron chi connectivity index (χ2n) is 5.95. The average molecular weight is 294 g/mol. The molecule has 1 aromatic rings. The molecule has 108 valence electrons. The summed E-state index contributed by atoms with van der Waals surface area (Å²) in [6.07, 6.45) is 1.56. The van der Waals surface area contributed by atoms with Gasteiger partial charge in [-0.2, -0.15) is 4.31 Å². The zero-order chi connectivity index (χ0) is 14.5. The molecule has 0 saturated carbocycles. The Morgan fingerprint density at radius 2 is 2.05 bits per heavy atom. The van der Waals surface area contributed by atoms with E-state index >= 15 is 0 Å². The number of hydrogen-bond acceptors (Lipinski definition) is 4. The van der Waals surface area contributed by atoms with E-state index in [1.54, 1.807) is 0 Å². The molecule has 0 spiro atoms. The lowest BCUT2D eigenvalue weighted by Crippen LogP contribution is -2.45. The maximum Gasteiger partial charge on any atom is 0.211 e. The molecule has 0 unspecified atom stereocenters. The second-order valence-corrected chi connectivity index (χ2v) is 7.93. The van der Waals surface area contributed by atoms with Crippen molar-refractivity contribution in [2.75, 3.05) is 24.7 Å². The highest BCUT2D eigenvalue weighted by Crippen LogP contribution is 2.37. The molecule has 0 aromatic heterocycles. The van der Waals surface area contributed by atoms with Gasteiger partial charge >= 0.3 is 0 Å². The number of carbonyl (C=O) groups is 1. The van der Waals surface area contributed by atoms with Gasteiger partial charge in [0.1, 0.15) is 5.78 Å². The smallest absolute Gasteiger partial charge is 0.211 e. The van der Waals surface area contributed by atoms with Gasteiger partial charge in [-0.25, -0.2) is 8.42 Å². The molecule has 0 amide bonds. The summed E-state index contributed by atoms with van der Waals surface area (Å²) in [5.41, 5.74) is 1.38. The Morgan fingerprint density at radius 1 is 1.35 bits per heavy atom. The molecule has 1 fully saturated rings. The quantitative estimate of drug-likeness (QED) is 0.835. The summed E-state index contributed by atoms with van der Waals surface area (Å²) in [4.78, 5) is 12.5. The lowest BCUT2D eigenvalue weighted by atomic mass is 9.85. The third kappa shape index (κ3) is 2.13. The van der Waals surface area contributed by atoms with E-state index in [1.807, 2.05) is 31.2 Å². The van der Waals surface area contributed by atoms with Crippen molar-refractivity contribution in [3.63, 3.8) is 0 Å². The van der Waals surface area contributed by atoms with Crippen LogP contribution in [-0.2, 0) is 21.2 Å². The predicted molar refractivity (Wildman–Crippen MR) is 77.1 cm³/mol. The molecule has 1 saturated heterocycles. The monoisotopic (exact) mass is 294 g/mol. The van der Waals surface area contributed by atoms with E-state index in [0.29, 0.717) is 13.0 Å². The number of fused-ring (bicyclic) bond motifs is 2. The molecule has 2 aliphatic heterocycles. The summed E-state index contributed by atoms with van der Waals surface area (Å²) < 4.78 is 24.9. The van der Waals surface area contributed by atoms with Crippen molar-refractivity contribution in [2.24, 2.45) is 5.92 Å². The van der Waals surface area contributed by atoms with Gasteiger partial charge in [0.2, 0.25) is 10.0 Å². The Balaban J connectivity index is 2.02.